The van der Waals surface area contributed by atoms with Crippen molar-refractivity contribution >= 4 is 10.8 Å². The van der Waals surface area contributed by atoms with Crippen LogP contribution in [0.4, 0.5) is 13.2 Å². The van der Waals surface area contributed by atoms with E-state index in [1.54, 1.807) is 13.2 Å². The van der Waals surface area contributed by atoms with Gasteiger partial charge in [0, 0.05) is 12.5 Å². The van der Waals surface area contributed by atoms with Crippen molar-refractivity contribution in [2.75, 3.05) is 7.11 Å². The van der Waals surface area contributed by atoms with E-state index in [1.165, 1.54) is 17.7 Å². The number of halogens is 3. The molecule has 164 valence electrons. The molecule has 0 atom stereocenters. The smallest absolute Gasteiger partial charge is 0.159 e. The zero-order valence-corrected chi connectivity index (χ0v) is 18.0. The highest BCUT2D eigenvalue weighted by atomic mass is 19.2. The van der Waals surface area contributed by atoms with Crippen LogP contribution in [-0.4, -0.2) is 7.11 Å². The van der Waals surface area contributed by atoms with Crippen LogP contribution in [-0.2, 0) is 37.0 Å². The predicted octanol–water partition coefficient (Wildman–Crippen LogP) is 6.97. The summed E-state index contributed by atoms with van der Waals surface area (Å²) in [5.41, 5.74) is 4.79. The lowest BCUT2D eigenvalue weighted by Crippen LogP contribution is -1.98. The lowest BCUT2D eigenvalue weighted by Gasteiger charge is -2.09. The molecule has 0 aliphatic heterocycles. The average Bonchev–Trinajstić information content (AvgIpc) is 2.80. The van der Waals surface area contributed by atoms with Crippen molar-refractivity contribution in [1.82, 2.24) is 0 Å². The van der Waals surface area contributed by atoms with Gasteiger partial charge in [-0.05, 0) is 71.0 Å². The Kier molecular flexibility index (Phi) is 6.91. The molecule has 0 aliphatic carbocycles. The molecular formula is C28H25F3O. The molecule has 0 heterocycles. The van der Waals surface area contributed by atoms with E-state index < -0.39 is 11.6 Å². The topological polar surface area (TPSA) is 9.23 Å². The van der Waals surface area contributed by atoms with Gasteiger partial charge in [-0.3, -0.25) is 0 Å². The Balaban J connectivity index is 1.43. The molecule has 0 saturated carbocycles. The Morgan fingerprint density at radius 1 is 0.594 bits per heavy atom. The number of methoxy groups -OCH3 is 1. The van der Waals surface area contributed by atoms with Crippen molar-refractivity contribution in [2.24, 2.45) is 0 Å². The van der Waals surface area contributed by atoms with Gasteiger partial charge >= 0.3 is 0 Å². The van der Waals surface area contributed by atoms with Crippen molar-refractivity contribution in [2.45, 2.75) is 32.3 Å². The molecule has 0 aromatic heterocycles. The van der Waals surface area contributed by atoms with Gasteiger partial charge in [-0.1, -0.05) is 60.7 Å². The second-order valence-corrected chi connectivity index (χ2v) is 8.09. The quantitative estimate of drug-likeness (QED) is 0.291. The maximum Gasteiger partial charge on any atom is 0.159 e. The maximum absolute atomic E-state index is 15.1. The van der Waals surface area contributed by atoms with Crippen LogP contribution in [0, 0.1) is 17.5 Å². The highest BCUT2D eigenvalue weighted by Gasteiger charge is 2.10. The number of hydrogen-bond acceptors (Lipinski definition) is 1. The van der Waals surface area contributed by atoms with Gasteiger partial charge in [0.15, 0.2) is 11.6 Å². The van der Waals surface area contributed by atoms with Gasteiger partial charge in [-0.2, -0.15) is 0 Å². The van der Waals surface area contributed by atoms with Gasteiger partial charge in [-0.25, -0.2) is 13.2 Å². The third kappa shape index (κ3) is 5.20. The summed E-state index contributed by atoms with van der Waals surface area (Å²) in [4.78, 5) is 0. The van der Waals surface area contributed by atoms with Crippen molar-refractivity contribution < 1.29 is 17.9 Å². The number of rotatable bonds is 8. The maximum atomic E-state index is 15.1. The summed E-state index contributed by atoms with van der Waals surface area (Å²) < 4.78 is 46.7. The molecule has 0 fully saturated rings. The van der Waals surface area contributed by atoms with Gasteiger partial charge in [-0.15, -0.1) is 0 Å². The second-order valence-electron chi connectivity index (χ2n) is 8.09. The molecule has 0 saturated heterocycles. The number of fused-ring (bicyclic) bond motifs is 1. The lowest BCUT2D eigenvalue weighted by molar-refractivity contribution is 0.185. The van der Waals surface area contributed by atoms with E-state index in [9.17, 15) is 8.78 Å². The van der Waals surface area contributed by atoms with Gasteiger partial charge in [0.2, 0.25) is 0 Å². The molecule has 0 amide bonds. The Bertz CT molecular complexity index is 1220. The van der Waals surface area contributed by atoms with Crippen molar-refractivity contribution in [1.29, 1.82) is 0 Å². The standard InChI is InChI=1S/C28H25F3O/c1-32-18-22-6-3-19(4-7-22)2-5-20-9-14-25-24(16-20)13-12-23(28(25)31)11-8-21-10-15-26(29)27(30)17-21/h3-4,6-7,9-10,12-17H,2,5,8,11,18H2,1H3. The summed E-state index contributed by atoms with van der Waals surface area (Å²) in [6.45, 7) is 0.610. The van der Waals surface area contributed by atoms with Crippen LogP contribution in [0.1, 0.15) is 27.8 Å². The molecule has 32 heavy (non-hydrogen) atoms. The second kappa shape index (κ2) is 10.0. The Morgan fingerprint density at radius 3 is 1.97 bits per heavy atom. The largest absolute Gasteiger partial charge is 0.380 e. The van der Waals surface area contributed by atoms with E-state index in [2.05, 4.69) is 24.3 Å². The fourth-order valence-corrected chi connectivity index (χ4v) is 3.97. The van der Waals surface area contributed by atoms with E-state index in [0.717, 1.165) is 35.4 Å². The van der Waals surface area contributed by atoms with E-state index in [1.807, 2.05) is 24.3 Å². The monoisotopic (exact) mass is 434 g/mol. The summed E-state index contributed by atoms with van der Waals surface area (Å²) in [6, 6.07) is 21.8. The molecule has 0 radical (unpaired) electrons. The highest BCUT2D eigenvalue weighted by Crippen LogP contribution is 2.24. The Labute approximate surface area is 186 Å². The van der Waals surface area contributed by atoms with E-state index in [-0.39, 0.29) is 5.82 Å². The first-order chi connectivity index (χ1) is 15.5. The first-order valence-electron chi connectivity index (χ1n) is 10.7. The minimum Gasteiger partial charge on any atom is -0.380 e. The average molecular weight is 435 g/mol. The fourth-order valence-electron chi connectivity index (χ4n) is 3.97. The Morgan fingerprint density at radius 2 is 1.22 bits per heavy atom. The van der Waals surface area contributed by atoms with Gasteiger partial charge in [0.25, 0.3) is 0 Å². The van der Waals surface area contributed by atoms with Crippen LogP contribution in [0.15, 0.2) is 72.8 Å². The summed E-state index contributed by atoms with van der Waals surface area (Å²) in [6.07, 6.45) is 2.65. The number of benzene rings is 4. The van der Waals surface area contributed by atoms with Gasteiger partial charge < -0.3 is 4.74 Å². The summed E-state index contributed by atoms with van der Waals surface area (Å²) >= 11 is 0. The Hall–Kier alpha value is -3.11. The minimum atomic E-state index is -0.875. The molecule has 0 N–H and O–H groups in total. The van der Waals surface area contributed by atoms with Crippen molar-refractivity contribution in [3.63, 3.8) is 0 Å². The van der Waals surface area contributed by atoms with E-state index in [0.29, 0.717) is 36.0 Å². The molecule has 0 unspecified atom stereocenters. The van der Waals surface area contributed by atoms with Crippen LogP contribution in [0.25, 0.3) is 10.8 Å². The van der Waals surface area contributed by atoms with E-state index in [4.69, 9.17) is 4.74 Å². The first-order valence-corrected chi connectivity index (χ1v) is 10.7. The molecule has 1 nitrogen and oxygen atoms in total. The number of ether oxygens (including phenoxy) is 1. The zero-order chi connectivity index (χ0) is 22.5. The molecular weight excluding hydrogens is 409 g/mol. The molecule has 0 bridgehead atoms. The van der Waals surface area contributed by atoms with Gasteiger partial charge in [0.05, 0.1) is 6.61 Å². The molecule has 4 aromatic carbocycles. The first kappa shape index (κ1) is 22.1. The third-order valence-electron chi connectivity index (χ3n) is 5.80. The molecule has 0 spiro atoms. The predicted molar refractivity (Wildman–Crippen MR) is 122 cm³/mol. The van der Waals surface area contributed by atoms with Crippen LogP contribution < -0.4 is 0 Å². The summed E-state index contributed by atoms with van der Waals surface area (Å²) in [5.74, 6) is -1.99. The molecule has 0 aliphatic rings. The normalized spacial score (nSPS) is 11.2. The van der Waals surface area contributed by atoms with Crippen LogP contribution in [0.3, 0.4) is 0 Å². The summed E-state index contributed by atoms with van der Waals surface area (Å²) in [7, 11) is 1.69. The minimum absolute atomic E-state index is 0.245. The van der Waals surface area contributed by atoms with Crippen LogP contribution >= 0.6 is 0 Å². The summed E-state index contributed by atoms with van der Waals surface area (Å²) in [5, 5.41) is 1.45. The highest BCUT2D eigenvalue weighted by molar-refractivity contribution is 5.84. The lowest BCUT2D eigenvalue weighted by atomic mass is 9.97. The van der Waals surface area contributed by atoms with Crippen LogP contribution in [0.5, 0.6) is 0 Å². The van der Waals surface area contributed by atoms with Gasteiger partial charge in [0.1, 0.15) is 5.82 Å². The SMILES string of the molecule is COCc1ccc(CCc2ccc3c(F)c(CCc4ccc(F)c(F)c4)ccc3c2)cc1. The number of aryl methyl sites for hydroxylation is 4. The third-order valence-corrected chi connectivity index (χ3v) is 5.80. The molecule has 4 rings (SSSR count). The van der Waals surface area contributed by atoms with Crippen molar-refractivity contribution in [3.05, 3.63) is 118 Å². The zero-order valence-electron chi connectivity index (χ0n) is 18.0. The fraction of sp³-hybridized carbons (Fsp3) is 0.214. The van der Waals surface area contributed by atoms with E-state index >= 15 is 4.39 Å². The molecule has 4 aromatic rings. The van der Waals surface area contributed by atoms with Crippen LogP contribution in [0.2, 0.25) is 0 Å². The molecule has 4 heteroatoms. The van der Waals surface area contributed by atoms with Crippen molar-refractivity contribution in [3.8, 4) is 0 Å². The number of hydrogen-bond donors (Lipinski definition) is 0.